The molecule has 0 aliphatic rings. The third-order valence-electron chi connectivity index (χ3n) is 2.78. The first-order chi connectivity index (χ1) is 9.50. The van der Waals surface area contributed by atoms with Crippen LogP contribution in [0.15, 0.2) is 22.7 Å². The van der Waals surface area contributed by atoms with Crippen molar-refractivity contribution in [3.05, 3.63) is 34.1 Å². The summed E-state index contributed by atoms with van der Waals surface area (Å²) >= 11 is 2.75. The molecule has 0 fully saturated rings. The molecule has 120 valence electrons. The fraction of sp³-hybridized carbons (Fsp3) is 0.500. The first kappa shape index (κ1) is 18.2. The third kappa shape index (κ3) is 4.32. The van der Waals surface area contributed by atoms with Crippen LogP contribution in [-0.2, 0) is 0 Å². The van der Waals surface area contributed by atoms with Gasteiger partial charge >= 0.3 is 12.4 Å². The molecule has 1 atom stereocenters. The highest BCUT2D eigenvalue weighted by molar-refractivity contribution is 9.10. The quantitative estimate of drug-likeness (QED) is 0.725. The Labute approximate surface area is 124 Å². The third-order valence-corrected chi connectivity index (χ3v) is 3.39. The van der Waals surface area contributed by atoms with E-state index in [0.717, 1.165) is 6.07 Å². The van der Waals surface area contributed by atoms with Gasteiger partial charge < -0.3 is 5.32 Å². The fourth-order valence-corrected chi connectivity index (χ4v) is 2.33. The van der Waals surface area contributed by atoms with E-state index in [0.29, 0.717) is 0 Å². The van der Waals surface area contributed by atoms with Gasteiger partial charge in [-0.2, -0.15) is 26.3 Å². The predicted molar refractivity (Wildman–Crippen MR) is 66.1 cm³/mol. The molecule has 0 saturated carbocycles. The minimum Gasteiger partial charge on any atom is -0.309 e. The fourth-order valence-electron chi connectivity index (χ4n) is 1.95. The maximum atomic E-state index is 13.9. The Bertz CT molecular complexity index is 469. The lowest BCUT2D eigenvalue weighted by Crippen LogP contribution is -2.46. The molecule has 0 aromatic heterocycles. The molecule has 0 saturated heterocycles. The van der Waals surface area contributed by atoms with Gasteiger partial charge in [0.15, 0.2) is 5.92 Å². The second-order valence-electron chi connectivity index (χ2n) is 4.24. The van der Waals surface area contributed by atoms with Crippen molar-refractivity contribution in [3.63, 3.8) is 0 Å². The van der Waals surface area contributed by atoms with Crippen LogP contribution in [0.25, 0.3) is 0 Å². The molecule has 9 heteroatoms. The Morgan fingerprint density at radius 1 is 1.10 bits per heavy atom. The molecule has 0 aliphatic carbocycles. The van der Waals surface area contributed by atoms with Gasteiger partial charge in [-0.1, -0.05) is 19.1 Å². The van der Waals surface area contributed by atoms with Crippen molar-refractivity contribution in [1.82, 2.24) is 5.32 Å². The van der Waals surface area contributed by atoms with E-state index < -0.39 is 35.7 Å². The molecule has 0 bridgehead atoms. The first-order valence-corrected chi connectivity index (χ1v) is 6.60. The lowest BCUT2D eigenvalue weighted by Gasteiger charge is -2.31. The van der Waals surface area contributed by atoms with E-state index in [9.17, 15) is 30.7 Å². The lowest BCUT2D eigenvalue weighted by molar-refractivity contribution is -0.292. The van der Waals surface area contributed by atoms with Gasteiger partial charge in [0.05, 0.1) is 10.5 Å². The molecular formula is C12H11BrF7N. The lowest BCUT2D eigenvalue weighted by atomic mass is 9.91. The summed E-state index contributed by atoms with van der Waals surface area (Å²) in [6.07, 6.45) is -11.1. The summed E-state index contributed by atoms with van der Waals surface area (Å²) in [6.45, 7) is 1.16. The van der Waals surface area contributed by atoms with E-state index in [4.69, 9.17) is 0 Å². The number of benzene rings is 1. The van der Waals surface area contributed by atoms with Gasteiger partial charge in [-0.05, 0) is 28.5 Å². The van der Waals surface area contributed by atoms with Gasteiger partial charge in [0.1, 0.15) is 5.82 Å². The molecule has 0 spiro atoms. The number of hydrogen-bond donors (Lipinski definition) is 1. The Balaban J connectivity index is 3.42. The summed E-state index contributed by atoms with van der Waals surface area (Å²) in [7, 11) is 0. The molecular weight excluding hydrogens is 371 g/mol. The monoisotopic (exact) mass is 381 g/mol. The molecule has 0 heterocycles. The molecule has 0 radical (unpaired) electrons. The molecule has 1 N–H and O–H groups in total. The molecule has 0 amide bonds. The average Bonchev–Trinajstić information content (AvgIpc) is 2.28. The number of halogens is 8. The van der Waals surface area contributed by atoms with Gasteiger partial charge in [-0.3, -0.25) is 0 Å². The van der Waals surface area contributed by atoms with Gasteiger partial charge in [0.25, 0.3) is 0 Å². The highest BCUT2D eigenvalue weighted by atomic mass is 79.9. The first-order valence-electron chi connectivity index (χ1n) is 5.80. The second kappa shape index (κ2) is 6.51. The van der Waals surface area contributed by atoms with Gasteiger partial charge in [0.2, 0.25) is 0 Å². The van der Waals surface area contributed by atoms with E-state index in [1.54, 1.807) is 0 Å². The standard InChI is InChI=1S/C12H11BrF7N/c1-2-21-9(6-4-3-5-7(13)8(6)14)10(11(15,16)17)12(18,19)20/h3-5,9-10,21H,2H2,1H3. The van der Waals surface area contributed by atoms with Crippen LogP contribution in [-0.4, -0.2) is 18.9 Å². The zero-order chi connectivity index (χ0) is 16.4. The SMILES string of the molecule is CCNC(c1cccc(Br)c1F)C(C(F)(F)F)C(F)(F)F. The van der Waals surface area contributed by atoms with Crippen LogP contribution in [0.5, 0.6) is 0 Å². The summed E-state index contributed by atoms with van der Waals surface area (Å²) in [4.78, 5) is 0. The van der Waals surface area contributed by atoms with Crippen molar-refractivity contribution in [2.24, 2.45) is 5.92 Å². The van der Waals surface area contributed by atoms with E-state index in [1.807, 2.05) is 0 Å². The summed E-state index contributed by atoms with van der Waals surface area (Å²) < 4.78 is 90.6. The van der Waals surface area contributed by atoms with Crippen LogP contribution >= 0.6 is 15.9 Å². The van der Waals surface area contributed by atoms with E-state index in [1.165, 1.54) is 19.1 Å². The highest BCUT2D eigenvalue weighted by Gasteiger charge is 2.60. The zero-order valence-electron chi connectivity index (χ0n) is 10.6. The molecule has 21 heavy (non-hydrogen) atoms. The molecule has 1 rings (SSSR count). The Hall–Kier alpha value is -0.830. The van der Waals surface area contributed by atoms with Crippen LogP contribution in [0.2, 0.25) is 0 Å². The van der Waals surface area contributed by atoms with E-state index >= 15 is 0 Å². The largest absolute Gasteiger partial charge is 0.402 e. The van der Waals surface area contributed by atoms with Crippen molar-refractivity contribution in [2.75, 3.05) is 6.54 Å². The van der Waals surface area contributed by atoms with Gasteiger partial charge in [0, 0.05) is 5.56 Å². The van der Waals surface area contributed by atoms with Gasteiger partial charge in [-0.15, -0.1) is 0 Å². The van der Waals surface area contributed by atoms with Crippen LogP contribution in [0.4, 0.5) is 30.7 Å². The van der Waals surface area contributed by atoms with Crippen molar-refractivity contribution in [3.8, 4) is 0 Å². The van der Waals surface area contributed by atoms with Crippen LogP contribution in [0.3, 0.4) is 0 Å². The Morgan fingerprint density at radius 3 is 2.05 bits per heavy atom. The zero-order valence-corrected chi connectivity index (χ0v) is 12.2. The predicted octanol–water partition coefficient (Wildman–Crippen LogP) is 4.98. The molecule has 1 unspecified atom stereocenters. The smallest absolute Gasteiger partial charge is 0.309 e. The Kier molecular flexibility index (Phi) is 5.65. The maximum absolute atomic E-state index is 13.9. The number of rotatable bonds is 4. The molecule has 1 aromatic rings. The molecule has 1 nitrogen and oxygen atoms in total. The van der Waals surface area contributed by atoms with Crippen molar-refractivity contribution in [1.29, 1.82) is 0 Å². The maximum Gasteiger partial charge on any atom is 0.402 e. The van der Waals surface area contributed by atoms with Gasteiger partial charge in [-0.25, -0.2) is 4.39 Å². The minimum absolute atomic E-state index is 0.181. The molecule has 1 aromatic carbocycles. The highest BCUT2D eigenvalue weighted by Crippen LogP contribution is 2.47. The second-order valence-corrected chi connectivity index (χ2v) is 5.09. The number of alkyl halides is 6. The van der Waals surface area contributed by atoms with Crippen LogP contribution in [0, 0.1) is 11.7 Å². The number of nitrogens with one attached hydrogen (secondary N) is 1. The van der Waals surface area contributed by atoms with E-state index in [2.05, 4.69) is 21.2 Å². The van der Waals surface area contributed by atoms with E-state index in [-0.39, 0.29) is 11.0 Å². The van der Waals surface area contributed by atoms with Crippen molar-refractivity contribution < 1.29 is 30.7 Å². The summed E-state index contributed by atoms with van der Waals surface area (Å²) in [5.74, 6) is -4.85. The number of hydrogen-bond acceptors (Lipinski definition) is 1. The Morgan fingerprint density at radius 2 is 1.62 bits per heavy atom. The minimum atomic E-state index is -5.56. The van der Waals surface area contributed by atoms with Crippen LogP contribution < -0.4 is 5.32 Å². The molecule has 0 aliphatic heterocycles. The van der Waals surface area contributed by atoms with Crippen LogP contribution in [0.1, 0.15) is 18.5 Å². The van der Waals surface area contributed by atoms with Crippen molar-refractivity contribution >= 4 is 15.9 Å². The summed E-state index contributed by atoms with van der Waals surface area (Å²) in [5.41, 5.74) is -0.689. The topological polar surface area (TPSA) is 12.0 Å². The average molecular weight is 382 g/mol. The summed E-state index contributed by atoms with van der Waals surface area (Å²) in [5, 5.41) is 2.08. The van der Waals surface area contributed by atoms with Crippen molar-refractivity contribution in [2.45, 2.75) is 25.3 Å². The summed E-state index contributed by atoms with van der Waals surface area (Å²) in [6, 6.07) is 1.01. The normalized spacial score (nSPS) is 14.6.